The summed E-state index contributed by atoms with van der Waals surface area (Å²) in [4.78, 5) is 15.0. The van der Waals surface area contributed by atoms with Crippen LogP contribution >= 0.6 is 0 Å². The van der Waals surface area contributed by atoms with Gasteiger partial charge in [0.1, 0.15) is 17.5 Å². The average Bonchev–Trinajstić information content (AvgIpc) is 3.56. The van der Waals surface area contributed by atoms with Crippen LogP contribution in [0, 0.1) is 0 Å². The third-order valence-corrected chi connectivity index (χ3v) is 8.50. The highest BCUT2D eigenvalue weighted by Gasteiger charge is 2.22. The molecule has 212 valence electrons. The molecule has 0 radical (unpaired) electrons. The van der Waals surface area contributed by atoms with Gasteiger partial charge in [0.15, 0.2) is 11.4 Å². The largest absolute Gasteiger partial charge is 0.435 e. The zero-order chi connectivity index (χ0) is 29.7. The van der Waals surface area contributed by atoms with Crippen molar-refractivity contribution in [2.24, 2.45) is 9.98 Å². The highest BCUT2D eigenvalue weighted by Crippen LogP contribution is 2.32. The molecule has 0 aliphatic carbocycles. The van der Waals surface area contributed by atoms with Crippen LogP contribution in [0.4, 0.5) is 0 Å². The van der Waals surface area contributed by atoms with Crippen LogP contribution in [0.5, 0.6) is 0 Å². The van der Waals surface area contributed by atoms with Gasteiger partial charge in [0.25, 0.3) is 0 Å². The van der Waals surface area contributed by atoms with Gasteiger partial charge in [0.05, 0.1) is 0 Å². The zero-order valence-corrected chi connectivity index (χ0v) is 24.2. The van der Waals surface area contributed by atoms with Crippen molar-refractivity contribution >= 4 is 55.1 Å². The fourth-order valence-corrected chi connectivity index (χ4v) is 6.17. The number of aromatic nitrogens is 1. The molecule has 0 amide bonds. The quantitative estimate of drug-likeness (QED) is 0.226. The van der Waals surface area contributed by atoms with Crippen molar-refractivity contribution in [1.82, 2.24) is 10.3 Å². The molecule has 2 heterocycles. The van der Waals surface area contributed by atoms with E-state index in [0.717, 1.165) is 55.3 Å². The molecule has 1 unspecified atom stereocenters. The standard InChI is InChI=1S/C40H26N4O/c1-2-10-27(11-3-1)40-41-35-21-19-30-24-33(18-20-34(30)36(35)45-40)39-43-37(31-16-14-25-8-4-6-12-28(25)22-31)42-38(44-39)32-17-15-26-9-5-7-13-29(26)23-32/h1-24,37H,(H,42,43,44). The Morgan fingerprint density at radius 2 is 1.20 bits per heavy atom. The zero-order valence-electron chi connectivity index (χ0n) is 24.2. The Morgan fingerprint density at radius 1 is 0.533 bits per heavy atom. The fourth-order valence-electron chi connectivity index (χ4n) is 6.17. The number of benzene rings is 7. The van der Waals surface area contributed by atoms with E-state index in [2.05, 4.69) is 115 Å². The number of aliphatic imine (C=N–C) groups is 2. The lowest BCUT2D eigenvalue weighted by Gasteiger charge is -2.24. The van der Waals surface area contributed by atoms with Gasteiger partial charge >= 0.3 is 0 Å². The molecule has 7 aromatic carbocycles. The fraction of sp³-hybridized carbons (Fsp3) is 0.0250. The molecule has 1 aliphatic heterocycles. The van der Waals surface area contributed by atoms with Gasteiger partial charge in [0, 0.05) is 22.1 Å². The van der Waals surface area contributed by atoms with Crippen molar-refractivity contribution in [2.75, 3.05) is 0 Å². The monoisotopic (exact) mass is 578 g/mol. The molecule has 0 saturated carbocycles. The van der Waals surface area contributed by atoms with E-state index >= 15 is 0 Å². The maximum absolute atomic E-state index is 6.30. The van der Waals surface area contributed by atoms with Crippen LogP contribution in [-0.2, 0) is 0 Å². The van der Waals surface area contributed by atoms with Crippen molar-refractivity contribution in [2.45, 2.75) is 6.17 Å². The molecule has 0 saturated heterocycles. The minimum absolute atomic E-state index is 0.301. The highest BCUT2D eigenvalue weighted by molar-refractivity contribution is 6.15. The number of nitrogens with one attached hydrogen (secondary N) is 1. The highest BCUT2D eigenvalue weighted by atomic mass is 16.3. The van der Waals surface area contributed by atoms with Gasteiger partial charge in [-0.25, -0.2) is 15.0 Å². The Balaban J connectivity index is 1.15. The molecule has 0 spiro atoms. The minimum atomic E-state index is -0.301. The molecule has 0 bridgehead atoms. The molecule has 8 aromatic rings. The van der Waals surface area contributed by atoms with Crippen LogP contribution in [0.15, 0.2) is 160 Å². The van der Waals surface area contributed by atoms with Gasteiger partial charge in [-0.2, -0.15) is 0 Å². The molecule has 9 rings (SSSR count). The second-order valence-corrected chi connectivity index (χ2v) is 11.4. The molecule has 5 heteroatoms. The third-order valence-electron chi connectivity index (χ3n) is 8.50. The summed E-state index contributed by atoms with van der Waals surface area (Å²) in [6.07, 6.45) is -0.301. The number of amidine groups is 2. The normalized spacial score (nSPS) is 14.9. The summed E-state index contributed by atoms with van der Waals surface area (Å²) >= 11 is 0. The summed E-state index contributed by atoms with van der Waals surface area (Å²) in [7, 11) is 0. The Labute approximate surface area is 259 Å². The number of fused-ring (bicyclic) bond motifs is 5. The van der Waals surface area contributed by atoms with Crippen LogP contribution in [0.2, 0.25) is 0 Å². The van der Waals surface area contributed by atoms with Crippen molar-refractivity contribution in [3.8, 4) is 11.5 Å². The van der Waals surface area contributed by atoms with Crippen LogP contribution in [0.3, 0.4) is 0 Å². The van der Waals surface area contributed by atoms with Crippen LogP contribution in [-0.4, -0.2) is 16.7 Å². The number of rotatable bonds is 4. The van der Waals surface area contributed by atoms with Gasteiger partial charge in [0.2, 0.25) is 5.89 Å². The van der Waals surface area contributed by atoms with Gasteiger partial charge in [-0.15, -0.1) is 0 Å². The number of oxazole rings is 1. The predicted molar refractivity (Wildman–Crippen MR) is 184 cm³/mol. The summed E-state index contributed by atoms with van der Waals surface area (Å²) in [5.41, 5.74) is 5.62. The number of hydrogen-bond donors (Lipinski definition) is 1. The van der Waals surface area contributed by atoms with Crippen molar-refractivity contribution in [1.29, 1.82) is 0 Å². The van der Waals surface area contributed by atoms with E-state index in [1.807, 2.05) is 36.4 Å². The van der Waals surface area contributed by atoms with E-state index in [-0.39, 0.29) is 6.17 Å². The van der Waals surface area contributed by atoms with Crippen molar-refractivity contribution < 1.29 is 4.42 Å². The maximum Gasteiger partial charge on any atom is 0.227 e. The van der Waals surface area contributed by atoms with Crippen molar-refractivity contribution in [3.05, 3.63) is 162 Å². The van der Waals surface area contributed by atoms with E-state index in [9.17, 15) is 0 Å². The first kappa shape index (κ1) is 25.4. The molecule has 45 heavy (non-hydrogen) atoms. The van der Waals surface area contributed by atoms with Gasteiger partial charge in [-0.3, -0.25) is 0 Å². The number of hydrogen-bond acceptors (Lipinski definition) is 5. The molecule has 5 nitrogen and oxygen atoms in total. The van der Waals surface area contributed by atoms with E-state index in [0.29, 0.717) is 11.7 Å². The topological polar surface area (TPSA) is 62.8 Å². The Kier molecular flexibility index (Phi) is 5.81. The van der Waals surface area contributed by atoms with E-state index in [1.54, 1.807) is 0 Å². The van der Waals surface area contributed by atoms with Gasteiger partial charge in [-0.05, 0) is 75.0 Å². The lowest BCUT2D eigenvalue weighted by molar-refractivity contribution is 0.623. The Hall–Kier alpha value is -6.07. The molecule has 1 atom stereocenters. The van der Waals surface area contributed by atoms with Crippen LogP contribution < -0.4 is 5.32 Å². The molecular weight excluding hydrogens is 552 g/mol. The molecule has 1 aromatic heterocycles. The molecule has 1 aliphatic rings. The minimum Gasteiger partial charge on any atom is -0.435 e. The smallest absolute Gasteiger partial charge is 0.227 e. The molecular formula is C40H26N4O. The van der Waals surface area contributed by atoms with E-state index < -0.39 is 0 Å². The summed E-state index contributed by atoms with van der Waals surface area (Å²) in [6, 6.07) is 50.2. The first-order valence-corrected chi connectivity index (χ1v) is 15.1. The second-order valence-electron chi connectivity index (χ2n) is 11.4. The van der Waals surface area contributed by atoms with Gasteiger partial charge < -0.3 is 9.73 Å². The summed E-state index contributed by atoms with van der Waals surface area (Å²) in [6.45, 7) is 0. The Morgan fingerprint density at radius 3 is 2.02 bits per heavy atom. The Bertz CT molecular complexity index is 2470. The van der Waals surface area contributed by atoms with Gasteiger partial charge in [-0.1, -0.05) is 103 Å². The first-order valence-electron chi connectivity index (χ1n) is 15.1. The van der Waals surface area contributed by atoms with Crippen LogP contribution in [0.25, 0.3) is 54.9 Å². The molecule has 1 N–H and O–H groups in total. The predicted octanol–water partition coefficient (Wildman–Crippen LogP) is 9.45. The van der Waals surface area contributed by atoms with Crippen molar-refractivity contribution in [3.63, 3.8) is 0 Å². The SMILES string of the molecule is c1ccc(-c2nc3ccc4cc(C5=NC(c6ccc7ccccc7c6)=NC(c6ccc7ccccc7c6)N5)ccc4c3o2)cc1. The first-order chi connectivity index (χ1) is 22.2. The average molecular weight is 579 g/mol. The summed E-state index contributed by atoms with van der Waals surface area (Å²) in [5, 5.41) is 10.4. The lowest BCUT2D eigenvalue weighted by atomic mass is 10.0. The second kappa shape index (κ2) is 10.3. The van der Waals surface area contributed by atoms with E-state index in [4.69, 9.17) is 19.4 Å². The summed E-state index contributed by atoms with van der Waals surface area (Å²) in [5.74, 6) is 2.09. The maximum atomic E-state index is 6.30. The van der Waals surface area contributed by atoms with Crippen LogP contribution in [0.1, 0.15) is 22.9 Å². The van der Waals surface area contributed by atoms with E-state index in [1.165, 1.54) is 16.2 Å². The molecule has 0 fully saturated rings. The third kappa shape index (κ3) is 4.53. The number of nitrogens with zero attached hydrogens (tertiary/aromatic N) is 3. The summed E-state index contributed by atoms with van der Waals surface area (Å²) < 4.78 is 6.30. The lowest BCUT2D eigenvalue weighted by Crippen LogP contribution is -2.33.